The molecule has 3 unspecified atom stereocenters. The lowest BCUT2D eigenvalue weighted by molar-refractivity contribution is -0.145. The fraction of sp³-hybridized carbons (Fsp3) is 0.500. The van der Waals surface area contributed by atoms with Crippen LogP contribution in [0.1, 0.15) is 58.1 Å². The van der Waals surface area contributed by atoms with Crippen LogP contribution in [0.25, 0.3) is 0 Å². The van der Waals surface area contributed by atoms with Crippen LogP contribution in [0.4, 0.5) is 5.69 Å². The summed E-state index contributed by atoms with van der Waals surface area (Å²) in [6.45, 7) is 15.4. The van der Waals surface area contributed by atoms with Gasteiger partial charge in [0, 0.05) is 30.6 Å². The summed E-state index contributed by atoms with van der Waals surface area (Å²) in [7, 11) is 0. The first-order chi connectivity index (χ1) is 22.8. The van der Waals surface area contributed by atoms with Crippen molar-refractivity contribution < 1.29 is 24.2 Å². The van der Waals surface area contributed by atoms with E-state index in [1.54, 1.807) is 33.7 Å². The Morgan fingerprint density at radius 3 is 2.38 bits per heavy atom. The van der Waals surface area contributed by atoms with Gasteiger partial charge in [-0.1, -0.05) is 69.2 Å². The van der Waals surface area contributed by atoms with Gasteiger partial charge in [0.05, 0.1) is 35.8 Å². The molecule has 1 N–H and O–H groups in total. The van der Waals surface area contributed by atoms with E-state index in [0.717, 1.165) is 31.2 Å². The van der Waals surface area contributed by atoms with Gasteiger partial charge in [-0.15, -0.1) is 24.9 Å². The number of unbranched alkanes of at least 4 members (excludes halogenated alkanes) is 2. The summed E-state index contributed by atoms with van der Waals surface area (Å²) in [6, 6.07) is 15.3. The molecule has 3 fully saturated rings. The van der Waals surface area contributed by atoms with Gasteiger partial charge in [0.15, 0.2) is 0 Å². The number of nitrogens with zero attached hydrogens (tertiary/aromatic N) is 3. The number of aliphatic hydroxyl groups excluding tert-OH is 1. The van der Waals surface area contributed by atoms with E-state index < -0.39 is 28.7 Å². The highest BCUT2D eigenvalue weighted by atomic mass is 32.2. The summed E-state index contributed by atoms with van der Waals surface area (Å²) in [5.41, 5.74) is 1.46. The molecule has 3 aliphatic heterocycles. The smallest absolute Gasteiger partial charge is 0.247 e. The molecule has 252 valence electrons. The van der Waals surface area contributed by atoms with Crippen LogP contribution in [0.3, 0.4) is 0 Å². The second kappa shape index (κ2) is 15.1. The van der Waals surface area contributed by atoms with Crippen molar-refractivity contribution in [2.45, 2.75) is 68.5 Å². The zero-order valence-corrected chi connectivity index (χ0v) is 28.7. The maximum absolute atomic E-state index is 15.0. The Bertz CT molecular complexity index is 1430. The first kappa shape index (κ1) is 34.8. The molecule has 2 aromatic carbocycles. The summed E-state index contributed by atoms with van der Waals surface area (Å²) >= 11 is 1.65. The predicted molar refractivity (Wildman–Crippen MR) is 188 cm³/mol. The summed E-state index contributed by atoms with van der Waals surface area (Å²) in [5, 5.41) is 10.8. The molecular weight excluding hydrogens is 611 g/mol. The second-order valence-corrected chi connectivity index (χ2v) is 14.4. The third kappa shape index (κ3) is 6.24. The summed E-state index contributed by atoms with van der Waals surface area (Å²) in [5.74, 6) is -1.12. The van der Waals surface area contributed by atoms with E-state index in [1.807, 2.05) is 66.4 Å². The van der Waals surface area contributed by atoms with E-state index in [4.69, 9.17) is 4.74 Å². The number of carbonyl (C=O) groups excluding carboxylic acids is 3. The fourth-order valence-corrected chi connectivity index (χ4v) is 10.5. The summed E-state index contributed by atoms with van der Waals surface area (Å²) < 4.78 is 4.81. The zero-order valence-electron chi connectivity index (χ0n) is 27.9. The highest BCUT2D eigenvalue weighted by molar-refractivity contribution is 8.02. The van der Waals surface area contributed by atoms with Crippen LogP contribution < -0.4 is 9.64 Å². The minimum Gasteiger partial charge on any atom is -0.494 e. The molecule has 47 heavy (non-hydrogen) atoms. The van der Waals surface area contributed by atoms with Gasteiger partial charge in [-0.05, 0) is 55.5 Å². The molecule has 0 aliphatic carbocycles. The normalized spacial score (nSPS) is 26.5. The average Bonchev–Trinajstić information content (AvgIpc) is 3.68. The van der Waals surface area contributed by atoms with Crippen molar-refractivity contribution >= 4 is 35.2 Å². The molecule has 1 spiro atoms. The third-order valence-electron chi connectivity index (χ3n) is 10.1. The molecule has 0 aromatic heterocycles. The Morgan fingerprint density at radius 1 is 1.06 bits per heavy atom. The highest BCUT2D eigenvalue weighted by Crippen LogP contribution is 2.69. The van der Waals surface area contributed by atoms with Crippen molar-refractivity contribution in [3.05, 3.63) is 85.5 Å². The number of ether oxygens (including phenoxy) is 1. The number of rotatable bonds is 16. The molecular formula is C38H49N3O5S. The van der Waals surface area contributed by atoms with Gasteiger partial charge in [-0.25, -0.2) is 0 Å². The molecule has 3 saturated heterocycles. The predicted octanol–water partition coefficient (Wildman–Crippen LogP) is 5.88. The van der Waals surface area contributed by atoms with E-state index in [-0.39, 0.29) is 42.0 Å². The summed E-state index contributed by atoms with van der Waals surface area (Å²) in [4.78, 5) is 49.8. The SMILES string of the molecule is C=CCN(CCCCC)C(=O)C1N([C@H](CO)c2ccccc2)C(=O)[C@@H]2[C@H](C(=O)N(CC=C)c3ccc(OCC)cc3)[C@@H]3CC(C)C12S3. The molecule has 0 radical (unpaired) electrons. The van der Waals surface area contributed by atoms with Crippen LogP contribution in [0, 0.1) is 17.8 Å². The number of aliphatic hydroxyl groups is 1. The van der Waals surface area contributed by atoms with Crippen LogP contribution in [0.2, 0.25) is 0 Å². The Balaban J connectivity index is 1.60. The highest BCUT2D eigenvalue weighted by Gasteiger charge is 2.77. The van der Waals surface area contributed by atoms with Crippen LogP contribution in [-0.2, 0) is 14.4 Å². The second-order valence-electron chi connectivity index (χ2n) is 12.9. The molecule has 3 amide bonds. The lowest BCUT2D eigenvalue weighted by Crippen LogP contribution is -2.58. The molecule has 2 aromatic rings. The summed E-state index contributed by atoms with van der Waals surface area (Å²) in [6.07, 6.45) is 7.01. The van der Waals surface area contributed by atoms with Gasteiger partial charge < -0.3 is 24.5 Å². The number of carbonyl (C=O) groups is 3. The number of amides is 3. The van der Waals surface area contributed by atoms with Gasteiger partial charge >= 0.3 is 0 Å². The number of hydrogen-bond donors (Lipinski definition) is 1. The van der Waals surface area contributed by atoms with Gasteiger partial charge in [0.25, 0.3) is 0 Å². The first-order valence-corrected chi connectivity index (χ1v) is 17.9. The van der Waals surface area contributed by atoms with Crippen molar-refractivity contribution in [3.8, 4) is 5.75 Å². The van der Waals surface area contributed by atoms with Crippen LogP contribution >= 0.6 is 11.8 Å². The Morgan fingerprint density at radius 2 is 1.77 bits per heavy atom. The lowest BCUT2D eigenvalue weighted by Gasteiger charge is -2.42. The number of hydrogen-bond acceptors (Lipinski definition) is 6. The quantitative estimate of drug-likeness (QED) is 0.179. The standard InChI is InChI=1S/C38H49N3O5S/c1-6-10-14-23-39(21-7-2)37(45)34-38-26(5)24-31(47-38)32(33(38)36(44)41(34)30(25-42)27-15-12-11-13-16-27)35(43)40(22-8-3)28-17-19-29(20-18-28)46-9-4/h7-8,11-13,15-20,26,30-34,42H,2-3,6,9-10,14,21-25H2,1,4-5H3/t26?,30-,31+,32-,33+,34?,38?/m1/s1. The van der Waals surface area contributed by atoms with E-state index >= 15 is 0 Å². The number of thioether (sulfide) groups is 1. The first-order valence-electron chi connectivity index (χ1n) is 17.0. The lowest BCUT2D eigenvalue weighted by atomic mass is 9.65. The van der Waals surface area contributed by atoms with Crippen molar-refractivity contribution in [1.82, 2.24) is 9.80 Å². The molecule has 8 nitrogen and oxygen atoms in total. The fourth-order valence-electron chi connectivity index (χ4n) is 8.08. The van der Waals surface area contributed by atoms with Crippen molar-refractivity contribution in [3.63, 3.8) is 0 Å². The third-order valence-corrected chi connectivity index (χ3v) is 12.2. The van der Waals surface area contributed by atoms with Gasteiger partial charge in [0.2, 0.25) is 17.7 Å². The van der Waals surface area contributed by atoms with Gasteiger partial charge in [-0.2, -0.15) is 0 Å². The van der Waals surface area contributed by atoms with Crippen molar-refractivity contribution in [2.75, 3.05) is 37.7 Å². The van der Waals surface area contributed by atoms with Crippen LogP contribution in [0.15, 0.2) is 79.9 Å². The Kier molecular flexibility index (Phi) is 11.2. The zero-order chi connectivity index (χ0) is 33.7. The molecule has 7 atom stereocenters. The monoisotopic (exact) mass is 659 g/mol. The van der Waals surface area contributed by atoms with Crippen LogP contribution in [-0.4, -0.2) is 81.5 Å². The van der Waals surface area contributed by atoms with Crippen LogP contribution in [0.5, 0.6) is 5.75 Å². The average molecular weight is 660 g/mol. The maximum atomic E-state index is 15.0. The molecule has 3 heterocycles. The molecule has 9 heteroatoms. The minimum absolute atomic E-state index is 0.00381. The van der Waals surface area contributed by atoms with Crippen molar-refractivity contribution in [1.29, 1.82) is 0 Å². The Hall–Kier alpha value is -3.56. The van der Waals surface area contributed by atoms with E-state index in [1.165, 1.54) is 0 Å². The van der Waals surface area contributed by atoms with E-state index in [0.29, 0.717) is 31.1 Å². The number of benzene rings is 2. The topological polar surface area (TPSA) is 90.4 Å². The number of likely N-dealkylation sites (tertiary alicyclic amines) is 1. The Labute approximate surface area is 283 Å². The van der Waals surface area contributed by atoms with E-state index in [2.05, 4.69) is 27.0 Å². The maximum Gasteiger partial charge on any atom is 0.247 e. The molecule has 0 saturated carbocycles. The molecule has 5 rings (SSSR count). The minimum atomic E-state index is -0.833. The van der Waals surface area contributed by atoms with Gasteiger partial charge in [-0.3, -0.25) is 14.4 Å². The number of anilines is 1. The molecule has 3 aliphatic rings. The number of fused-ring (bicyclic) bond motifs is 1. The van der Waals surface area contributed by atoms with E-state index in [9.17, 15) is 19.5 Å². The molecule has 2 bridgehead atoms. The van der Waals surface area contributed by atoms with Crippen molar-refractivity contribution in [2.24, 2.45) is 17.8 Å². The van der Waals surface area contributed by atoms with Gasteiger partial charge in [0.1, 0.15) is 11.8 Å². The largest absolute Gasteiger partial charge is 0.494 e.